The zero-order valence-corrected chi connectivity index (χ0v) is 13.8. The number of hydrogen-bond donors (Lipinski definition) is 2. The molecule has 2 rings (SSSR count). The summed E-state index contributed by atoms with van der Waals surface area (Å²) in [7, 11) is 1.44. The Morgan fingerprint density at radius 2 is 1.92 bits per heavy atom. The van der Waals surface area contributed by atoms with Crippen LogP contribution in [0, 0.1) is 18.2 Å². The van der Waals surface area contributed by atoms with Crippen molar-refractivity contribution in [2.24, 2.45) is 0 Å². The Balaban J connectivity index is 2.28. The Kier molecular flexibility index (Phi) is 6.42. The molecule has 0 bridgehead atoms. The van der Waals surface area contributed by atoms with Gasteiger partial charge >= 0.3 is 0 Å². The molecule has 1 unspecified atom stereocenters. The van der Waals surface area contributed by atoms with Crippen LogP contribution in [0.2, 0.25) is 0 Å². The zero-order chi connectivity index (χ0) is 18.2. The minimum Gasteiger partial charge on any atom is -0.343 e. The van der Waals surface area contributed by atoms with E-state index in [1.165, 1.54) is 31.2 Å². The minimum atomic E-state index is -1.36. The van der Waals surface area contributed by atoms with E-state index in [0.29, 0.717) is 0 Å². The molecule has 132 valence electrons. The van der Waals surface area contributed by atoms with E-state index in [0.717, 1.165) is 5.56 Å². The summed E-state index contributed by atoms with van der Waals surface area (Å²) in [5.74, 6) is 2.41. The Morgan fingerprint density at radius 3 is 2.52 bits per heavy atom. The standard InChI is InChI=1S/C16H18F2N6O/c1-4-9-19-14-21-15(20-11(2)17)23-16(22-14)24(25-3)10-12-5-7-13(18)8-6-12/h1,5-8,11H,9-10H2,2-3H3,(H2,19,20,21,22,23). The highest BCUT2D eigenvalue weighted by Crippen LogP contribution is 2.17. The third kappa shape index (κ3) is 5.54. The zero-order valence-electron chi connectivity index (χ0n) is 13.8. The summed E-state index contributed by atoms with van der Waals surface area (Å²) in [6.07, 6.45) is 3.85. The Morgan fingerprint density at radius 1 is 1.24 bits per heavy atom. The fraction of sp³-hybridized carbons (Fsp3) is 0.312. The van der Waals surface area contributed by atoms with Gasteiger partial charge in [-0.05, 0) is 24.6 Å². The van der Waals surface area contributed by atoms with E-state index in [4.69, 9.17) is 11.3 Å². The molecule has 1 aromatic heterocycles. The monoisotopic (exact) mass is 348 g/mol. The van der Waals surface area contributed by atoms with E-state index in [1.807, 2.05) is 0 Å². The molecular weight excluding hydrogens is 330 g/mol. The number of aromatic nitrogens is 3. The van der Waals surface area contributed by atoms with Gasteiger partial charge in [0.1, 0.15) is 5.82 Å². The van der Waals surface area contributed by atoms with Crippen molar-refractivity contribution in [1.82, 2.24) is 15.0 Å². The molecule has 2 N–H and O–H groups in total. The second-order valence-corrected chi connectivity index (χ2v) is 4.95. The van der Waals surface area contributed by atoms with Crippen molar-refractivity contribution in [1.29, 1.82) is 0 Å². The first-order valence-corrected chi connectivity index (χ1v) is 7.42. The van der Waals surface area contributed by atoms with Crippen LogP contribution in [0.25, 0.3) is 0 Å². The van der Waals surface area contributed by atoms with Crippen LogP contribution in [0.5, 0.6) is 0 Å². The van der Waals surface area contributed by atoms with Crippen molar-refractivity contribution in [3.8, 4) is 12.3 Å². The molecule has 0 radical (unpaired) electrons. The summed E-state index contributed by atoms with van der Waals surface area (Å²) >= 11 is 0. The molecule has 0 aliphatic carbocycles. The molecule has 1 atom stereocenters. The molecule has 0 saturated heterocycles. The largest absolute Gasteiger partial charge is 0.343 e. The van der Waals surface area contributed by atoms with Crippen molar-refractivity contribution in [3.63, 3.8) is 0 Å². The molecule has 1 heterocycles. The van der Waals surface area contributed by atoms with Gasteiger partial charge in [0, 0.05) is 0 Å². The van der Waals surface area contributed by atoms with Crippen LogP contribution in [0.15, 0.2) is 24.3 Å². The molecule has 0 saturated carbocycles. The lowest BCUT2D eigenvalue weighted by molar-refractivity contribution is 0.158. The van der Waals surface area contributed by atoms with Crippen molar-refractivity contribution < 1.29 is 13.6 Å². The Hall–Kier alpha value is -2.99. The van der Waals surface area contributed by atoms with Crippen molar-refractivity contribution >= 4 is 17.8 Å². The molecular formula is C16H18F2N6O. The minimum absolute atomic E-state index is 0.0284. The van der Waals surface area contributed by atoms with Crippen LogP contribution in [0.1, 0.15) is 12.5 Å². The second kappa shape index (κ2) is 8.75. The molecule has 0 aliphatic heterocycles. The lowest BCUT2D eigenvalue weighted by atomic mass is 10.2. The molecule has 0 fully saturated rings. The number of nitrogens with one attached hydrogen (secondary N) is 2. The average molecular weight is 348 g/mol. The lowest BCUT2D eigenvalue weighted by Crippen LogP contribution is -2.25. The molecule has 25 heavy (non-hydrogen) atoms. The maximum absolute atomic E-state index is 13.2. The molecule has 1 aromatic carbocycles. The lowest BCUT2D eigenvalue weighted by Gasteiger charge is -2.20. The second-order valence-electron chi connectivity index (χ2n) is 4.95. The van der Waals surface area contributed by atoms with E-state index in [9.17, 15) is 8.78 Å². The number of anilines is 3. The van der Waals surface area contributed by atoms with Gasteiger partial charge in [0.2, 0.25) is 11.9 Å². The molecule has 0 spiro atoms. The molecule has 2 aromatic rings. The number of hydroxylamine groups is 1. The summed E-state index contributed by atoms with van der Waals surface area (Å²) in [5, 5.41) is 6.63. The number of terminal acetylenes is 1. The third-order valence-electron chi connectivity index (χ3n) is 2.98. The molecule has 0 amide bonds. The van der Waals surface area contributed by atoms with Gasteiger partial charge in [-0.15, -0.1) is 6.42 Å². The first-order chi connectivity index (χ1) is 12.0. The van der Waals surface area contributed by atoms with Gasteiger partial charge in [-0.25, -0.2) is 13.8 Å². The predicted octanol–water partition coefficient (Wildman–Crippen LogP) is 2.35. The van der Waals surface area contributed by atoms with Crippen LogP contribution < -0.4 is 15.7 Å². The Bertz CT molecular complexity index is 732. The highest BCUT2D eigenvalue weighted by atomic mass is 19.1. The summed E-state index contributed by atoms with van der Waals surface area (Å²) in [5.41, 5.74) is 0.773. The quantitative estimate of drug-likeness (QED) is 0.431. The number of hydrogen-bond acceptors (Lipinski definition) is 7. The summed E-state index contributed by atoms with van der Waals surface area (Å²) in [4.78, 5) is 17.6. The summed E-state index contributed by atoms with van der Waals surface area (Å²) < 4.78 is 26.3. The summed E-state index contributed by atoms with van der Waals surface area (Å²) in [6.45, 7) is 1.75. The molecule has 9 heteroatoms. The van der Waals surface area contributed by atoms with Gasteiger partial charge in [-0.3, -0.25) is 4.84 Å². The molecule has 0 aliphatic rings. The number of alkyl halides is 1. The number of rotatable bonds is 8. The Labute approximate surface area is 144 Å². The topological polar surface area (TPSA) is 75.2 Å². The van der Waals surface area contributed by atoms with E-state index in [1.54, 1.807) is 12.1 Å². The van der Waals surface area contributed by atoms with Gasteiger partial charge in [0.15, 0.2) is 6.30 Å². The highest BCUT2D eigenvalue weighted by molar-refractivity contribution is 5.43. The number of halogens is 2. The number of benzene rings is 1. The van der Waals surface area contributed by atoms with Crippen LogP contribution in [0.4, 0.5) is 26.6 Å². The van der Waals surface area contributed by atoms with Gasteiger partial charge in [0.05, 0.1) is 20.2 Å². The van der Waals surface area contributed by atoms with Crippen LogP contribution in [-0.2, 0) is 11.4 Å². The average Bonchev–Trinajstić information content (AvgIpc) is 2.58. The predicted molar refractivity (Wildman–Crippen MR) is 90.9 cm³/mol. The fourth-order valence-corrected chi connectivity index (χ4v) is 1.90. The fourth-order valence-electron chi connectivity index (χ4n) is 1.90. The van der Waals surface area contributed by atoms with Crippen molar-refractivity contribution in [3.05, 3.63) is 35.6 Å². The van der Waals surface area contributed by atoms with E-state index < -0.39 is 6.30 Å². The van der Waals surface area contributed by atoms with Crippen LogP contribution in [-0.4, -0.2) is 34.9 Å². The normalized spacial score (nSPS) is 11.5. The maximum atomic E-state index is 13.2. The van der Waals surface area contributed by atoms with E-state index in [-0.39, 0.29) is 36.8 Å². The van der Waals surface area contributed by atoms with Crippen LogP contribution in [0.3, 0.4) is 0 Å². The highest BCUT2D eigenvalue weighted by Gasteiger charge is 2.15. The van der Waals surface area contributed by atoms with Gasteiger partial charge in [-0.2, -0.15) is 15.0 Å². The smallest absolute Gasteiger partial charge is 0.256 e. The molecule has 7 nitrogen and oxygen atoms in total. The van der Waals surface area contributed by atoms with Gasteiger partial charge in [0.25, 0.3) is 5.95 Å². The number of nitrogens with zero attached hydrogens (tertiary/aromatic N) is 4. The summed E-state index contributed by atoms with van der Waals surface area (Å²) in [6, 6.07) is 5.91. The van der Waals surface area contributed by atoms with Crippen LogP contribution >= 0.6 is 0 Å². The third-order valence-corrected chi connectivity index (χ3v) is 2.98. The maximum Gasteiger partial charge on any atom is 0.256 e. The van der Waals surface area contributed by atoms with Gasteiger partial charge in [-0.1, -0.05) is 18.1 Å². The first-order valence-electron chi connectivity index (χ1n) is 7.42. The SMILES string of the molecule is C#CCNc1nc(NC(C)F)nc(N(Cc2ccc(F)cc2)OC)n1. The van der Waals surface area contributed by atoms with Gasteiger partial charge < -0.3 is 10.6 Å². The first kappa shape index (κ1) is 18.4. The van der Waals surface area contributed by atoms with Crippen molar-refractivity contribution in [2.75, 3.05) is 29.4 Å². The van der Waals surface area contributed by atoms with E-state index in [2.05, 4.69) is 31.5 Å². The van der Waals surface area contributed by atoms with E-state index >= 15 is 0 Å². The van der Waals surface area contributed by atoms with Crippen molar-refractivity contribution in [2.45, 2.75) is 19.8 Å².